The third-order valence-electron chi connectivity index (χ3n) is 8.46. The smallest absolute Gasteiger partial charge is 0.237 e. The van der Waals surface area contributed by atoms with E-state index in [-0.39, 0.29) is 5.92 Å². The summed E-state index contributed by atoms with van der Waals surface area (Å²) < 4.78 is 5.45. The van der Waals surface area contributed by atoms with E-state index in [9.17, 15) is 5.11 Å². The minimum Gasteiger partial charge on any atom is -0.508 e. The highest BCUT2D eigenvalue weighted by Gasteiger charge is 2.56. The van der Waals surface area contributed by atoms with Gasteiger partial charge in [-0.15, -0.1) is 0 Å². The molecule has 2 atom stereocenters. The molecule has 2 spiro atoms. The summed E-state index contributed by atoms with van der Waals surface area (Å²) in [4.78, 5) is 26.7. The van der Waals surface area contributed by atoms with Gasteiger partial charge in [0.05, 0.1) is 13.2 Å². The molecule has 4 fully saturated rings. The van der Waals surface area contributed by atoms with Crippen LogP contribution in [0.1, 0.15) is 82.8 Å². The van der Waals surface area contributed by atoms with E-state index >= 15 is 0 Å². The van der Waals surface area contributed by atoms with Gasteiger partial charge in [-0.1, -0.05) is 39.3 Å². The highest BCUT2D eigenvalue weighted by atomic mass is 17.4. The van der Waals surface area contributed by atoms with Gasteiger partial charge in [-0.25, -0.2) is 0 Å². The molecule has 0 amide bonds. The van der Waals surface area contributed by atoms with Gasteiger partial charge in [0.15, 0.2) is 0 Å². The van der Waals surface area contributed by atoms with Crippen molar-refractivity contribution in [2.24, 2.45) is 17.8 Å². The highest BCUT2D eigenvalue weighted by Crippen LogP contribution is 2.51. The SMILES string of the molecule is CC1CCC(C(C)C)C2(C1)OOC1(CCC(c3ccc(O)c(CN4CCOCC4)c3)CC1)OO2. The minimum atomic E-state index is -0.822. The van der Waals surface area contributed by atoms with Crippen molar-refractivity contribution in [1.29, 1.82) is 0 Å². The Labute approximate surface area is 203 Å². The summed E-state index contributed by atoms with van der Waals surface area (Å²) in [5.41, 5.74) is 2.26. The molecule has 2 saturated carbocycles. The quantitative estimate of drug-likeness (QED) is 0.595. The molecule has 2 aliphatic heterocycles. The summed E-state index contributed by atoms with van der Waals surface area (Å²) in [5, 5.41) is 10.4. The fraction of sp³-hybridized carbons (Fsp3) is 0.778. The third-order valence-corrected chi connectivity index (χ3v) is 8.46. The average Bonchev–Trinajstić information content (AvgIpc) is 2.84. The van der Waals surface area contributed by atoms with Gasteiger partial charge in [0.2, 0.25) is 11.6 Å². The number of phenolic OH excluding ortho intramolecular Hbond substituents is 1. The molecule has 5 rings (SSSR count). The van der Waals surface area contributed by atoms with E-state index in [1.807, 2.05) is 6.07 Å². The molecule has 2 saturated heterocycles. The van der Waals surface area contributed by atoms with Crippen LogP contribution in [0.4, 0.5) is 0 Å². The molecule has 1 aromatic rings. The number of ether oxygens (including phenoxy) is 1. The molecular formula is C27H41NO6. The average molecular weight is 476 g/mol. The van der Waals surface area contributed by atoms with Crippen LogP contribution in [0.25, 0.3) is 0 Å². The molecular weight excluding hydrogens is 434 g/mol. The van der Waals surface area contributed by atoms with Crippen LogP contribution in [-0.4, -0.2) is 47.9 Å². The molecule has 2 aliphatic carbocycles. The minimum absolute atomic E-state index is 0.263. The maximum Gasteiger partial charge on any atom is 0.237 e. The monoisotopic (exact) mass is 475 g/mol. The summed E-state index contributed by atoms with van der Waals surface area (Å²) in [5.74, 6) is 0.375. The molecule has 34 heavy (non-hydrogen) atoms. The van der Waals surface area contributed by atoms with Crippen LogP contribution in [0.15, 0.2) is 18.2 Å². The predicted octanol–water partition coefficient (Wildman–Crippen LogP) is 5.28. The Morgan fingerprint density at radius 1 is 1.00 bits per heavy atom. The van der Waals surface area contributed by atoms with Gasteiger partial charge >= 0.3 is 0 Å². The summed E-state index contributed by atoms with van der Waals surface area (Å²) in [6, 6.07) is 6.08. The highest BCUT2D eigenvalue weighted by molar-refractivity contribution is 5.38. The Balaban J connectivity index is 1.20. The van der Waals surface area contributed by atoms with Crippen molar-refractivity contribution in [3.63, 3.8) is 0 Å². The second-order valence-corrected chi connectivity index (χ2v) is 11.3. The van der Waals surface area contributed by atoms with Crippen molar-refractivity contribution in [2.75, 3.05) is 26.3 Å². The summed E-state index contributed by atoms with van der Waals surface area (Å²) in [6.07, 6.45) is 6.33. The van der Waals surface area contributed by atoms with Crippen molar-refractivity contribution >= 4 is 0 Å². The van der Waals surface area contributed by atoms with Gasteiger partial charge < -0.3 is 9.84 Å². The van der Waals surface area contributed by atoms with Crippen LogP contribution < -0.4 is 0 Å². The Bertz CT molecular complexity index is 820. The molecule has 0 bridgehead atoms. The number of aromatic hydroxyl groups is 1. The lowest BCUT2D eigenvalue weighted by Crippen LogP contribution is -2.58. The Morgan fingerprint density at radius 2 is 1.71 bits per heavy atom. The Morgan fingerprint density at radius 3 is 2.38 bits per heavy atom. The van der Waals surface area contributed by atoms with Crippen molar-refractivity contribution in [3.8, 4) is 5.75 Å². The first-order chi connectivity index (χ1) is 16.4. The fourth-order valence-electron chi connectivity index (χ4n) is 6.32. The van der Waals surface area contributed by atoms with Crippen LogP contribution in [0.5, 0.6) is 5.75 Å². The normalized spacial score (nSPS) is 37.5. The zero-order valence-corrected chi connectivity index (χ0v) is 21.0. The number of nitrogens with zero attached hydrogens (tertiary/aromatic N) is 1. The van der Waals surface area contributed by atoms with E-state index < -0.39 is 11.6 Å². The first-order valence-electron chi connectivity index (χ1n) is 13.2. The molecule has 190 valence electrons. The maximum atomic E-state index is 10.4. The number of hydrogen-bond donors (Lipinski definition) is 1. The van der Waals surface area contributed by atoms with E-state index in [1.54, 1.807) is 0 Å². The zero-order valence-electron chi connectivity index (χ0n) is 21.0. The molecule has 7 nitrogen and oxygen atoms in total. The lowest BCUT2D eigenvalue weighted by Gasteiger charge is -2.51. The number of phenols is 1. The molecule has 2 heterocycles. The summed E-state index contributed by atoms with van der Waals surface area (Å²) in [6.45, 7) is 10.8. The van der Waals surface area contributed by atoms with E-state index in [1.165, 1.54) is 12.0 Å². The second kappa shape index (κ2) is 10.0. The molecule has 0 radical (unpaired) electrons. The molecule has 2 unspecified atom stereocenters. The zero-order chi connectivity index (χ0) is 23.8. The van der Waals surface area contributed by atoms with Gasteiger partial charge in [0.1, 0.15) is 5.75 Å². The fourth-order valence-corrected chi connectivity index (χ4v) is 6.32. The predicted molar refractivity (Wildman–Crippen MR) is 127 cm³/mol. The van der Waals surface area contributed by atoms with Crippen molar-refractivity contribution in [2.45, 2.75) is 89.8 Å². The van der Waals surface area contributed by atoms with Gasteiger partial charge in [0.25, 0.3) is 0 Å². The van der Waals surface area contributed by atoms with Gasteiger partial charge in [-0.3, -0.25) is 4.90 Å². The van der Waals surface area contributed by atoms with Crippen LogP contribution in [0.2, 0.25) is 0 Å². The molecule has 1 aromatic carbocycles. The van der Waals surface area contributed by atoms with Crippen LogP contribution >= 0.6 is 0 Å². The van der Waals surface area contributed by atoms with E-state index in [4.69, 9.17) is 24.3 Å². The van der Waals surface area contributed by atoms with Crippen molar-refractivity contribution in [1.82, 2.24) is 4.90 Å². The van der Waals surface area contributed by atoms with Crippen LogP contribution in [0, 0.1) is 17.8 Å². The second-order valence-electron chi connectivity index (χ2n) is 11.3. The standard InChI is InChI=1S/C27H41NO6/c1-19(2)24-6-4-20(3)17-27(24)33-31-26(32-34-27)10-8-21(9-11-26)22-5-7-25(29)23(16-22)18-28-12-14-30-15-13-28/h5,7,16,19-21,24,29H,4,6,8-15,17-18H2,1-3H3. The van der Waals surface area contributed by atoms with Crippen LogP contribution in [0.3, 0.4) is 0 Å². The topological polar surface area (TPSA) is 69.6 Å². The van der Waals surface area contributed by atoms with E-state index in [0.29, 0.717) is 23.5 Å². The number of benzene rings is 1. The van der Waals surface area contributed by atoms with E-state index in [0.717, 1.165) is 76.9 Å². The molecule has 1 N–H and O–H groups in total. The lowest BCUT2D eigenvalue weighted by atomic mass is 9.73. The largest absolute Gasteiger partial charge is 0.508 e. The first kappa shape index (κ1) is 24.5. The maximum absolute atomic E-state index is 10.4. The van der Waals surface area contributed by atoms with E-state index in [2.05, 4.69) is 37.8 Å². The molecule has 4 aliphatic rings. The van der Waals surface area contributed by atoms with Crippen molar-refractivity contribution < 1.29 is 29.4 Å². The van der Waals surface area contributed by atoms with Crippen LogP contribution in [-0.2, 0) is 30.8 Å². The van der Waals surface area contributed by atoms with Gasteiger partial charge in [-0.05, 0) is 48.6 Å². The summed E-state index contributed by atoms with van der Waals surface area (Å²) in [7, 11) is 0. The number of morpholine rings is 1. The van der Waals surface area contributed by atoms with Gasteiger partial charge in [0, 0.05) is 50.4 Å². The summed E-state index contributed by atoms with van der Waals surface area (Å²) >= 11 is 0. The molecule has 0 aromatic heterocycles. The Kier molecular flexibility index (Phi) is 7.22. The third kappa shape index (κ3) is 5.01. The lowest BCUT2D eigenvalue weighted by molar-refractivity contribution is -0.671. The number of hydrogen-bond acceptors (Lipinski definition) is 7. The number of rotatable bonds is 4. The van der Waals surface area contributed by atoms with Gasteiger partial charge in [-0.2, -0.15) is 19.6 Å². The molecule has 7 heteroatoms. The van der Waals surface area contributed by atoms with Crippen molar-refractivity contribution in [3.05, 3.63) is 29.3 Å². The Hall–Kier alpha value is -1.22. The first-order valence-corrected chi connectivity index (χ1v) is 13.2.